The highest BCUT2D eigenvalue weighted by molar-refractivity contribution is 7.46. The summed E-state index contributed by atoms with van der Waals surface area (Å²) in [5.41, 5.74) is 0. The standard InChI is InChI=1S/C17H31O7P/c1-2-3-4-5-6-7-8-9-10-11-12-13-17(19)23-14-16(18)15-24-25(20,21)22/h16,18H,2-4,7-15H2,1H3,(H2,20,21,22). The Morgan fingerprint density at radius 3 is 2.24 bits per heavy atom. The van der Waals surface area contributed by atoms with Crippen molar-refractivity contribution in [2.24, 2.45) is 0 Å². The van der Waals surface area contributed by atoms with E-state index in [0.717, 1.165) is 51.4 Å². The molecule has 0 saturated heterocycles. The molecule has 0 aliphatic carbocycles. The first kappa shape index (κ1) is 24.1. The highest BCUT2D eigenvalue weighted by Crippen LogP contribution is 2.35. The van der Waals surface area contributed by atoms with Crippen molar-refractivity contribution in [1.82, 2.24) is 0 Å². The lowest BCUT2D eigenvalue weighted by atomic mass is 10.1. The molecule has 8 heteroatoms. The third kappa shape index (κ3) is 19.3. The lowest BCUT2D eigenvalue weighted by molar-refractivity contribution is -0.147. The summed E-state index contributed by atoms with van der Waals surface area (Å²) in [6.45, 7) is 1.23. The molecule has 0 aromatic rings. The number of ether oxygens (including phenoxy) is 1. The Labute approximate surface area is 150 Å². The zero-order chi connectivity index (χ0) is 19.0. The molecular formula is C17H31O7P. The van der Waals surface area contributed by atoms with Gasteiger partial charge in [-0.2, -0.15) is 0 Å². The molecule has 0 fully saturated rings. The second-order valence-electron chi connectivity index (χ2n) is 5.85. The topological polar surface area (TPSA) is 113 Å². The molecular weight excluding hydrogens is 347 g/mol. The molecule has 0 aromatic carbocycles. The lowest BCUT2D eigenvalue weighted by Gasteiger charge is -2.12. The van der Waals surface area contributed by atoms with Crippen LogP contribution in [-0.4, -0.2) is 40.2 Å². The average molecular weight is 378 g/mol. The molecule has 146 valence electrons. The minimum atomic E-state index is -4.62. The van der Waals surface area contributed by atoms with Gasteiger partial charge in [0, 0.05) is 19.3 Å². The molecule has 0 rings (SSSR count). The first-order valence-electron chi connectivity index (χ1n) is 8.84. The van der Waals surface area contributed by atoms with Crippen LogP contribution in [0.5, 0.6) is 0 Å². The molecule has 0 radical (unpaired) electrons. The molecule has 1 unspecified atom stereocenters. The fourth-order valence-electron chi connectivity index (χ4n) is 1.95. The lowest BCUT2D eigenvalue weighted by Crippen LogP contribution is -2.23. The van der Waals surface area contributed by atoms with E-state index in [1.807, 2.05) is 0 Å². The second kappa shape index (κ2) is 15.4. The van der Waals surface area contributed by atoms with E-state index < -0.39 is 26.5 Å². The smallest absolute Gasteiger partial charge is 0.463 e. The van der Waals surface area contributed by atoms with Crippen LogP contribution in [0, 0.1) is 11.8 Å². The molecule has 0 aromatic heterocycles. The van der Waals surface area contributed by atoms with Crippen LogP contribution in [0.4, 0.5) is 0 Å². The summed E-state index contributed by atoms with van der Waals surface area (Å²) >= 11 is 0. The number of aliphatic hydroxyl groups excluding tert-OH is 1. The largest absolute Gasteiger partial charge is 0.469 e. The van der Waals surface area contributed by atoms with Gasteiger partial charge in [-0.15, -0.1) is 11.8 Å². The second-order valence-corrected chi connectivity index (χ2v) is 7.09. The van der Waals surface area contributed by atoms with Crippen molar-refractivity contribution in [2.45, 2.75) is 77.2 Å². The number of rotatable bonds is 14. The van der Waals surface area contributed by atoms with Crippen molar-refractivity contribution >= 4 is 13.8 Å². The molecule has 0 bridgehead atoms. The summed E-state index contributed by atoms with van der Waals surface area (Å²) < 4.78 is 19.4. The highest BCUT2D eigenvalue weighted by atomic mass is 31.2. The number of hydrogen-bond donors (Lipinski definition) is 3. The van der Waals surface area contributed by atoms with E-state index in [1.165, 1.54) is 6.42 Å². The number of hydrogen-bond acceptors (Lipinski definition) is 5. The molecule has 3 N–H and O–H groups in total. The first-order valence-corrected chi connectivity index (χ1v) is 10.4. The van der Waals surface area contributed by atoms with Gasteiger partial charge in [0.2, 0.25) is 0 Å². The number of phosphoric ester groups is 1. The number of aliphatic hydroxyl groups is 1. The van der Waals surface area contributed by atoms with Gasteiger partial charge in [-0.3, -0.25) is 9.32 Å². The van der Waals surface area contributed by atoms with E-state index in [1.54, 1.807) is 0 Å². The number of unbranched alkanes of at least 4 members (excludes halogenated alkanes) is 7. The number of carbonyl (C=O) groups is 1. The summed E-state index contributed by atoms with van der Waals surface area (Å²) in [6, 6.07) is 0. The minimum absolute atomic E-state index is 0.267. The van der Waals surface area contributed by atoms with Gasteiger partial charge in [0.05, 0.1) is 6.61 Å². The molecule has 0 aliphatic rings. The Bertz CT molecular complexity index is 450. The van der Waals surface area contributed by atoms with E-state index in [4.69, 9.17) is 14.5 Å². The third-order valence-corrected chi connectivity index (χ3v) is 3.82. The fraction of sp³-hybridized carbons (Fsp3) is 0.824. The molecule has 1 atom stereocenters. The zero-order valence-corrected chi connectivity index (χ0v) is 15.9. The van der Waals surface area contributed by atoms with E-state index in [2.05, 4.69) is 23.3 Å². The Balaban J connectivity index is 3.46. The highest BCUT2D eigenvalue weighted by Gasteiger charge is 2.17. The van der Waals surface area contributed by atoms with Crippen molar-refractivity contribution in [1.29, 1.82) is 0 Å². The average Bonchev–Trinajstić information content (AvgIpc) is 2.55. The summed E-state index contributed by atoms with van der Waals surface area (Å²) in [6.07, 6.45) is 8.14. The Morgan fingerprint density at radius 1 is 1.00 bits per heavy atom. The molecule has 7 nitrogen and oxygen atoms in total. The quantitative estimate of drug-likeness (QED) is 0.184. The summed E-state index contributed by atoms with van der Waals surface area (Å²) in [7, 11) is -4.62. The van der Waals surface area contributed by atoms with Crippen LogP contribution in [0.25, 0.3) is 0 Å². The van der Waals surface area contributed by atoms with Crippen LogP contribution >= 0.6 is 7.82 Å². The fourth-order valence-corrected chi connectivity index (χ4v) is 2.31. The molecule has 25 heavy (non-hydrogen) atoms. The Kier molecular flexibility index (Phi) is 14.8. The Hall–Kier alpha value is -0.900. The summed E-state index contributed by atoms with van der Waals surface area (Å²) in [5.74, 6) is 5.90. The molecule has 0 heterocycles. The van der Waals surface area contributed by atoms with Crippen molar-refractivity contribution in [3.05, 3.63) is 0 Å². The van der Waals surface area contributed by atoms with Gasteiger partial charge >= 0.3 is 13.8 Å². The minimum Gasteiger partial charge on any atom is -0.463 e. The van der Waals surface area contributed by atoms with Crippen molar-refractivity contribution < 1.29 is 33.5 Å². The van der Waals surface area contributed by atoms with Gasteiger partial charge < -0.3 is 19.6 Å². The van der Waals surface area contributed by atoms with Crippen molar-refractivity contribution in [3.63, 3.8) is 0 Å². The van der Waals surface area contributed by atoms with Crippen LogP contribution in [0.15, 0.2) is 0 Å². The Morgan fingerprint density at radius 2 is 1.60 bits per heavy atom. The zero-order valence-electron chi connectivity index (χ0n) is 15.0. The predicted molar refractivity (Wildman–Crippen MR) is 94.6 cm³/mol. The van der Waals surface area contributed by atoms with Gasteiger partial charge in [-0.25, -0.2) is 4.57 Å². The van der Waals surface area contributed by atoms with E-state index in [9.17, 15) is 14.5 Å². The van der Waals surface area contributed by atoms with Crippen LogP contribution in [0.2, 0.25) is 0 Å². The molecule has 0 spiro atoms. The maximum absolute atomic E-state index is 11.5. The van der Waals surface area contributed by atoms with E-state index in [0.29, 0.717) is 0 Å². The monoisotopic (exact) mass is 378 g/mol. The maximum Gasteiger partial charge on any atom is 0.469 e. The number of esters is 1. The van der Waals surface area contributed by atoms with Gasteiger partial charge in [0.1, 0.15) is 12.7 Å². The van der Waals surface area contributed by atoms with Crippen LogP contribution in [0.3, 0.4) is 0 Å². The summed E-state index contributed by atoms with van der Waals surface area (Å²) in [4.78, 5) is 28.4. The SMILES string of the molecule is CCCCC#CCCCCCCCC(=O)OCC(O)COP(=O)(O)O. The van der Waals surface area contributed by atoms with Gasteiger partial charge in [-0.1, -0.05) is 32.6 Å². The van der Waals surface area contributed by atoms with Crippen LogP contribution in [-0.2, 0) is 18.6 Å². The third-order valence-electron chi connectivity index (χ3n) is 3.33. The summed E-state index contributed by atoms with van der Waals surface area (Å²) in [5, 5.41) is 9.36. The van der Waals surface area contributed by atoms with Crippen LogP contribution in [0.1, 0.15) is 71.1 Å². The van der Waals surface area contributed by atoms with Gasteiger partial charge in [0.15, 0.2) is 0 Å². The van der Waals surface area contributed by atoms with Gasteiger partial charge in [-0.05, 0) is 19.3 Å². The molecule has 0 saturated carbocycles. The van der Waals surface area contributed by atoms with Gasteiger partial charge in [0.25, 0.3) is 0 Å². The van der Waals surface area contributed by atoms with Crippen molar-refractivity contribution in [3.8, 4) is 11.8 Å². The molecule has 0 aliphatic heterocycles. The number of carbonyl (C=O) groups excluding carboxylic acids is 1. The van der Waals surface area contributed by atoms with E-state index >= 15 is 0 Å². The maximum atomic E-state index is 11.5. The van der Waals surface area contributed by atoms with Crippen LogP contribution < -0.4 is 0 Å². The van der Waals surface area contributed by atoms with E-state index in [-0.39, 0.29) is 13.0 Å². The number of phosphoric acid groups is 1. The normalized spacial score (nSPS) is 12.3. The first-order chi connectivity index (χ1) is 11.8. The predicted octanol–water partition coefficient (Wildman–Crippen LogP) is 2.92. The molecule has 0 amide bonds. The van der Waals surface area contributed by atoms with Crippen molar-refractivity contribution in [2.75, 3.05) is 13.2 Å².